The van der Waals surface area contributed by atoms with E-state index in [1.54, 1.807) is 12.1 Å². The van der Waals surface area contributed by atoms with Crippen molar-refractivity contribution < 1.29 is 4.74 Å². The molecule has 0 aromatic carbocycles. The zero-order valence-corrected chi connectivity index (χ0v) is 12.5. The van der Waals surface area contributed by atoms with Gasteiger partial charge in [-0.3, -0.25) is 0 Å². The molecule has 0 spiro atoms. The van der Waals surface area contributed by atoms with Crippen molar-refractivity contribution in [2.45, 2.75) is 46.1 Å². The minimum absolute atomic E-state index is 0.182. The first-order chi connectivity index (χ1) is 9.51. The molecule has 1 aliphatic carbocycles. The van der Waals surface area contributed by atoms with Crippen LogP contribution in [0.2, 0.25) is 0 Å². The van der Waals surface area contributed by atoms with Gasteiger partial charge in [-0.05, 0) is 36.7 Å². The van der Waals surface area contributed by atoms with E-state index in [2.05, 4.69) is 25.8 Å². The van der Waals surface area contributed by atoms with E-state index in [-0.39, 0.29) is 11.8 Å². The lowest BCUT2D eigenvalue weighted by Gasteiger charge is -2.37. The van der Waals surface area contributed by atoms with Crippen LogP contribution in [-0.2, 0) is 0 Å². The summed E-state index contributed by atoms with van der Waals surface area (Å²) < 4.78 is 6.08. The lowest BCUT2D eigenvalue weighted by Crippen LogP contribution is -2.36. The molecule has 2 rings (SSSR count). The van der Waals surface area contributed by atoms with Crippen molar-refractivity contribution in [2.24, 2.45) is 17.8 Å². The van der Waals surface area contributed by atoms with E-state index in [9.17, 15) is 0 Å². The van der Waals surface area contributed by atoms with Crippen molar-refractivity contribution in [3.8, 4) is 11.9 Å². The van der Waals surface area contributed by atoms with Crippen LogP contribution in [0.4, 0.5) is 5.69 Å². The zero-order chi connectivity index (χ0) is 14.7. The summed E-state index contributed by atoms with van der Waals surface area (Å²) in [5.74, 6) is 2.34. The molecule has 1 saturated carbocycles. The van der Waals surface area contributed by atoms with Gasteiger partial charge in [0, 0.05) is 6.07 Å². The van der Waals surface area contributed by atoms with Crippen LogP contribution >= 0.6 is 0 Å². The Morgan fingerprint density at radius 2 is 2.15 bits per heavy atom. The third-order valence-corrected chi connectivity index (χ3v) is 4.24. The molecule has 1 heterocycles. The van der Waals surface area contributed by atoms with Gasteiger partial charge in [0.2, 0.25) is 5.88 Å². The van der Waals surface area contributed by atoms with Gasteiger partial charge in [0.15, 0.2) is 5.69 Å². The molecule has 0 aliphatic heterocycles. The van der Waals surface area contributed by atoms with Gasteiger partial charge < -0.3 is 10.5 Å². The van der Waals surface area contributed by atoms with E-state index < -0.39 is 0 Å². The zero-order valence-electron chi connectivity index (χ0n) is 12.5. The summed E-state index contributed by atoms with van der Waals surface area (Å²) in [4.78, 5) is 4.20. The Balaban J connectivity index is 2.16. The lowest BCUT2D eigenvalue weighted by molar-refractivity contribution is 0.0426. The van der Waals surface area contributed by atoms with Crippen molar-refractivity contribution in [1.29, 1.82) is 5.26 Å². The van der Waals surface area contributed by atoms with Gasteiger partial charge in [0.1, 0.15) is 12.2 Å². The highest BCUT2D eigenvalue weighted by molar-refractivity contribution is 5.50. The SMILES string of the molecule is CC1CCC(C(C)C)C(Oc2ccc(N)c(C#N)n2)C1. The number of aromatic nitrogens is 1. The van der Waals surface area contributed by atoms with Crippen LogP contribution in [0.25, 0.3) is 0 Å². The molecule has 3 unspecified atom stereocenters. The van der Waals surface area contributed by atoms with E-state index in [1.165, 1.54) is 12.8 Å². The van der Waals surface area contributed by atoms with Gasteiger partial charge in [0.25, 0.3) is 0 Å². The number of pyridine rings is 1. The fraction of sp³-hybridized carbons (Fsp3) is 0.625. The second kappa shape index (κ2) is 6.13. The van der Waals surface area contributed by atoms with E-state index >= 15 is 0 Å². The maximum atomic E-state index is 8.98. The molecule has 3 atom stereocenters. The first-order valence-electron chi connectivity index (χ1n) is 7.34. The molecule has 0 saturated heterocycles. The van der Waals surface area contributed by atoms with Crippen LogP contribution in [-0.4, -0.2) is 11.1 Å². The third kappa shape index (κ3) is 3.22. The minimum Gasteiger partial charge on any atom is -0.474 e. The van der Waals surface area contributed by atoms with Gasteiger partial charge in [-0.15, -0.1) is 0 Å². The average molecular weight is 273 g/mol. The Morgan fingerprint density at radius 3 is 2.80 bits per heavy atom. The predicted octanol–water partition coefficient (Wildman–Crippen LogP) is 3.38. The average Bonchev–Trinajstić information content (AvgIpc) is 2.40. The number of rotatable bonds is 3. The standard InChI is InChI=1S/C16H23N3O/c1-10(2)12-5-4-11(3)8-15(12)20-16-7-6-13(18)14(9-17)19-16/h6-7,10-12,15H,4-5,8,18H2,1-3H3. The smallest absolute Gasteiger partial charge is 0.214 e. The minimum atomic E-state index is 0.182. The molecule has 1 aromatic heterocycles. The molecule has 0 radical (unpaired) electrons. The molecule has 0 bridgehead atoms. The van der Waals surface area contributed by atoms with E-state index in [1.807, 2.05) is 6.07 Å². The van der Waals surface area contributed by atoms with Gasteiger partial charge in [-0.2, -0.15) is 5.26 Å². The number of nitrogens with two attached hydrogens (primary N) is 1. The Hall–Kier alpha value is -1.76. The Morgan fingerprint density at radius 1 is 1.40 bits per heavy atom. The highest BCUT2D eigenvalue weighted by atomic mass is 16.5. The molecular formula is C16H23N3O. The van der Waals surface area contributed by atoms with Gasteiger partial charge >= 0.3 is 0 Å². The van der Waals surface area contributed by atoms with Crippen molar-refractivity contribution in [3.05, 3.63) is 17.8 Å². The number of anilines is 1. The summed E-state index contributed by atoms with van der Waals surface area (Å²) in [5.41, 5.74) is 6.33. The fourth-order valence-electron chi connectivity index (χ4n) is 3.01. The Labute approximate surface area is 121 Å². The molecule has 2 N–H and O–H groups in total. The quantitative estimate of drug-likeness (QED) is 0.916. The molecule has 108 valence electrons. The highest BCUT2D eigenvalue weighted by Gasteiger charge is 2.32. The maximum absolute atomic E-state index is 8.98. The predicted molar refractivity (Wildman–Crippen MR) is 79.1 cm³/mol. The number of hydrogen-bond acceptors (Lipinski definition) is 4. The van der Waals surface area contributed by atoms with E-state index in [4.69, 9.17) is 15.7 Å². The number of nitriles is 1. The summed E-state index contributed by atoms with van der Waals surface area (Å²) in [6, 6.07) is 5.45. The van der Waals surface area contributed by atoms with Crippen LogP contribution < -0.4 is 10.5 Å². The first-order valence-corrected chi connectivity index (χ1v) is 7.34. The van der Waals surface area contributed by atoms with Crippen LogP contribution in [0, 0.1) is 29.1 Å². The van der Waals surface area contributed by atoms with Crippen LogP contribution in [0.1, 0.15) is 45.7 Å². The van der Waals surface area contributed by atoms with Crippen LogP contribution in [0.5, 0.6) is 5.88 Å². The van der Waals surface area contributed by atoms with Gasteiger partial charge in [-0.25, -0.2) is 4.98 Å². The van der Waals surface area contributed by atoms with Crippen molar-refractivity contribution >= 4 is 5.69 Å². The van der Waals surface area contributed by atoms with Crippen molar-refractivity contribution in [3.63, 3.8) is 0 Å². The molecule has 1 aliphatic rings. The summed E-state index contributed by atoms with van der Waals surface area (Å²) in [6.45, 7) is 6.76. The molecule has 20 heavy (non-hydrogen) atoms. The third-order valence-electron chi connectivity index (χ3n) is 4.24. The second-order valence-corrected chi connectivity index (χ2v) is 6.18. The molecule has 0 amide bonds. The van der Waals surface area contributed by atoms with Crippen molar-refractivity contribution in [2.75, 3.05) is 5.73 Å². The molecule has 1 aromatic rings. The normalized spacial score (nSPS) is 26.2. The number of nitrogen functional groups attached to an aromatic ring is 1. The molecule has 4 nitrogen and oxygen atoms in total. The molecular weight excluding hydrogens is 250 g/mol. The molecule has 1 fully saturated rings. The summed E-state index contributed by atoms with van der Waals surface area (Å²) in [5, 5.41) is 8.98. The number of hydrogen-bond donors (Lipinski definition) is 1. The number of ether oxygens (including phenoxy) is 1. The van der Waals surface area contributed by atoms with Crippen LogP contribution in [0.3, 0.4) is 0 Å². The summed E-state index contributed by atoms with van der Waals surface area (Å²) in [7, 11) is 0. The lowest BCUT2D eigenvalue weighted by atomic mass is 9.75. The van der Waals surface area contributed by atoms with Crippen LogP contribution in [0.15, 0.2) is 12.1 Å². The monoisotopic (exact) mass is 273 g/mol. The van der Waals surface area contributed by atoms with E-state index in [0.717, 1.165) is 6.42 Å². The van der Waals surface area contributed by atoms with Gasteiger partial charge in [0.05, 0.1) is 5.69 Å². The summed E-state index contributed by atoms with van der Waals surface area (Å²) >= 11 is 0. The Bertz CT molecular complexity index is 507. The fourth-order valence-corrected chi connectivity index (χ4v) is 3.01. The maximum Gasteiger partial charge on any atom is 0.214 e. The van der Waals surface area contributed by atoms with Crippen molar-refractivity contribution in [1.82, 2.24) is 4.98 Å². The van der Waals surface area contributed by atoms with E-state index in [0.29, 0.717) is 29.3 Å². The Kier molecular flexibility index (Phi) is 4.49. The topological polar surface area (TPSA) is 71.9 Å². The largest absolute Gasteiger partial charge is 0.474 e. The number of nitrogens with zero attached hydrogens (tertiary/aromatic N) is 2. The van der Waals surface area contributed by atoms with Gasteiger partial charge in [-0.1, -0.05) is 27.2 Å². The first kappa shape index (κ1) is 14.6. The summed E-state index contributed by atoms with van der Waals surface area (Å²) in [6.07, 6.45) is 3.70. The molecule has 4 heteroatoms. The second-order valence-electron chi connectivity index (χ2n) is 6.18. The highest BCUT2D eigenvalue weighted by Crippen LogP contribution is 2.35.